The van der Waals surface area contributed by atoms with Crippen LogP contribution in [0.15, 0.2) is 29.2 Å². The molecule has 8 heteroatoms. The van der Waals surface area contributed by atoms with E-state index in [0.717, 1.165) is 0 Å². The van der Waals surface area contributed by atoms with Crippen molar-refractivity contribution in [2.24, 2.45) is 0 Å². The summed E-state index contributed by atoms with van der Waals surface area (Å²) in [7, 11) is -2.00. The van der Waals surface area contributed by atoms with Crippen LogP contribution >= 0.6 is 0 Å². The number of methoxy groups -OCH3 is 1. The Hall–Kier alpha value is -1.64. The predicted molar refractivity (Wildman–Crippen MR) is 85.1 cm³/mol. The maximum absolute atomic E-state index is 12.7. The molecule has 7 nitrogen and oxygen atoms in total. The van der Waals surface area contributed by atoms with Crippen molar-refractivity contribution in [2.45, 2.75) is 17.7 Å². The Morgan fingerprint density at radius 2 is 1.87 bits per heavy atom. The fraction of sp³-hybridized carbons (Fsp3) is 0.533. The van der Waals surface area contributed by atoms with Gasteiger partial charge in [-0.3, -0.25) is 4.79 Å². The Morgan fingerprint density at radius 3 is 2.48 bits per heavy atom. The molecule has 1 aromatic carbocycles. The van der Waals surface area contributed by atoms with Crippen molar-refractivity contribution < 1.29 is 23.1 Å². The molecule has 23 heavy (non-hydrogen) atoms. The molecule has 1 aliphatic heterocycles. The van der Waals surface area contributed by atoms with Crippen molar-refractivity contribution in [3.05, 3.63) is 24.3 Å². The second-order valence-electron chi connectivity index (χ2n) is 5.42. The van der Waals surface area contributed by atoms with Crippen LogP contribution in [0.4, 0.5) is 0 Å². The lowest BCUT2D eigenvalue weighted by atomic mass is 10.3. The summed E-state index contributed by atoms with van der Waals surface area (Å²) in [6.45, 7) is 2.52. The second-order valence-corrected chi connectivity index (χ2v) is 7.36. The fourth-order valence-electron chi connectivity index (χ4n) is 2.56. The molecule has 0 radical (unpaired) electrons. The largest absolute Gasteiger partial charge is 0.497 e. The van der Waals surface area contributed by atoms with Gasteiger partial charge in [-0.1, -0.05) is 0 Å². The number of ether oxygens (including phenoxy) is 1. The van der Waals surface area contributed by atoms with Crippen molar-refractivity contribution >= 4 is 16.0 Å². The fourth-order valence-corrected chi connectivity index (χ4v) is 4.03. The number of carboxylic acids is 1. The third kappa shape index (κ3) is 4.66. The number of hydrogen-bond acceptors (Lipinski definition) is 5. The number of hydrogen-bond donors (Lipinski definition) is 1. The lowest BCUT2D eigenvalue weighted by molar-refractivity contribution is -0.137. The average Bonchev–Trinajstić information content (AvgIpc) is 2.79. The summed E-state index contributed by atoms with van der Waals surface area (Å²) in [5.74, 6) is -0.225. The molecule has 1 aliphatic rings. The monoisotopic (exact) mass is 342 g/mol. The smallest absolute Gasteiger partial charge is 0.304 e. The van der Waals surface area contributed by atoms with Gasteiger partial charge in [0.15, 0.2) is 0 Å². The summed E-state index contributed by atoms with van der Waals surface area (Å²) in [6.07, 6.45) is 0.764. The van der Waals surface area contributed by atoms with Crippen LogP contribution in [-0.4, -0.2) is 68.5 Å². The van der Waals surface area contributed by atoms with E-state index in [2.05, 4.69) is 0 Å². The molecule has 2 rings (SSSR count). The minimum atomic E-state index is -3.53. The molecular formula is C15H22N2O5S. The Balaban J connectivity index is 2.03. The highest BCUT2D eigenvalue weighted by Crippen LogP contribution is 2.20. The first kappa shape index (κ1) is 17.7. The van der Waals surface area contributed by atoms with Gasteiger partial charge in [-0.05, 0) is 37.2 Å². The summed E-state index contributed by atoms with van der Waals surface area (Å²) in [5, 5.41) is 8.74. The Morgan fingerprint density at radius 1 is 1.17 bits per heavy atom. The topological polar surface area (TPSA) is 87.2 Å². The van der Waals surface area contributed by atoms with Crippen LogP contribution in [0.5, 0.6) is 5.75 Å². The van der Waals surface area contributed by atoms with Crippen LogP contribution in [0.25, 0.3) is 0 Å². The molecule has 1 N–H and O–H groups in total. The summed E-state index contributed by atoms with van der Waals surface area (Å²) in [4.78, 5) is 12.9. The highest BCUT2D eigenvalue weighted by atomic mass is 32.2. The number of benzene rings is 1. The van der Waals surface area contributed by atoms with E-state index in [1.807, 2.05) is 4.90 Å². The maximum atomic E-state index is 12.7. The van der Waals surface area contributed by atoms with Crippen molar-refractivity contribution in [2.75, 3.05) is 39.8 Å². The normalized spacial score (nSPS) is 17.6. The summed E-state index contributed by atoms with van der Waals surface area (Å²) in [5.41, 5.74) is 0. The zero-order valence-electron chi connectivity index (χ0n) is 13.1. The van der Waals surface area contributed by atoms with Crippen LogP contribution < -0.4 is 4.74 Å². The minimum Gasteiger partial charge on any atom is -0.497 e. The van der Waals surface area contributed by atoms with E-state index < -0.39 is 16.0 Å². The van der Waals surface area contributed by atoms with Gasteiger partial charge in [0.2, 0.25) is 10.0 Å². The van der Waals surface area contributed by atoms with E-state index in [-0.39, 0.29) is 11.3 Å². The number of aliphatic carboxylic acids is 1. The standard InChI is InChI=1S/C15H22N2O5S/c1-22-13-3-5-14(6-4-13)23(20,21)17-9-2-8-16(11-12-17)10-7-15(18)19/h3-6H,2,7-12H2,1H3,(H,18,19). The van der Waals surface area contributed by atoms with Crippen molar-refractivity contribution in [3.63, 3.8) is 0 Å². The molecule has 0 atom stereocenters. The lowest BCUT2D eigenvalue weighted by Crippen LogP contribution is -2.35. The minimum absolute atomic E-state index is 0.0746. The average molecular weight is 342 g/mol. The van der Waals surface area contributed by atoms with E-state index in [9.17, 15) is 13.2 Å². The number of carbonyl (C=O) groups is 1. The van der Waals surface area contributed by atoms with Gasteiger partial charge in [0, 0.05) is 26.2 Å². The summed E-state index contributed by atoms with van der Waals surface area (Å²) in [6, 6.07) is 6.34. The van der Waals surface area contributed by atoms with Crippen LogP contribution in [0.2, 0.25) is 0 Å². The van der Waals surface area contributed by atoms with Gasteiger partial charge in [0.1, 0.15) is 5.75 Å². The summed E-state index contributed by atoms with van der Waals surface area (Å²) >= 11 is 0. The summed E-state index contributed by atoms with van der Waals surface area (Å²) < 4.78 is 31.9. The Bertz CT molecular complexity index is 630. The molecule has 0 spiro atoms. The molecule has 128 valence electrons. The van der Waals surface area contributed by atoms with Gasteiger partial charge >= 0.3 is 5.97 Å². The van der Waals surface area contributed by atoms with Crippen LogP contribution in [0.3, 0.4) is 0 Å². The van der Waals surface area contributed by atoms with Gasteiger partial charge in [0.25, 0.3) is 0 Å². The predicted octanol–water partition coefficient (Wildman–Crippen LogP) is 0.866. The molecule has 0 amide bonds. The van der Waals surface area contributed by atoms with E-state index in [1.54, 1.807) is 24.3 Å². The van der Waals surface area contributed by atoms with Gasteiger partial charge in [-0.2, -0.15) is 4.31 Å². The Kier molecular flexibility index (Phi) is 5.97. The molecule has 1 aromatic rings. The zero-order valence-corrected chi connectivity index (χ0v) is 14.0. The van der Waals surface area contributed by atoms with E-state index >= 15 is 0 Å². The van der Waals surface area contributed by atoms with Gasteiger partial charge in [-0.25, -0.2) is 8.42 Å². The first-order valence-corrected chi connectivity index (χ1v) is 8.96. The quantitative estimate of drug-likeness (QED) is 0.825. The van der Waals surface area contributed by atoms with Crippen LogP contribution in [0, 0.1) is 0 Å². The molecule has 0 aliphatic carbocycles. The second kappa shape index (κ2) is 7.76. The van der Waals surface area contributed by atoms with Crippen molar-refractivity contribution in [1.29, 1.82) is 0 Å². The highest BCUT2D eigenvalue weighted by molar-refractivity contribution is 7.89. The SMILES string of the molecule is COc1ccc(S(=O)(=O)N2CCCN(CCC(=O)O)CC2)cc1. The number of sulfonamides is 1. The van der Waals surface area contributed by atoms with E-state index in [4.69, 9.17) is 9.84 Å². The first-order chi connectivity index (χ1) is 10.9. The van der Waals surface area contributed by atoms with E-state index in [0.29, 0.717) is 44.9 Å². The van der Waals surface area contributed by atoms with Crippen LogP contribution in [0.1, 0.15) is 12.8 Å². The number of nitrogens with zero attached hydrogens (tertiary/aromatic N) is 2. The third-order valence-corrected chi connectivity index (χ3v) is 5.80. The Labute approximate surface area is 136 Å². The van der Waals surface area contributed by atoms with Crippen molar-refractivity contribution in [1.82, 2.24) is 9.21 Å². The molecule has 0 bridgehead atoms. The molecule has 0 aromatic heterocycles. The molecule has 1 saturated heterocycles. The molecule has 0 unspecified atom stereocenters. The highest BCUT2D eigenvalue weighted by Gasteiger charge is 2.26. The maximum Gasteiger partial charge on any atom is 0.304 e. The van der Waals surface area contributed by atoms with Gasteiger partial charge in [-0.15, -0.1) is 0 Å². The van der Waals surface area contributed by atoms with Crippen molar-refractivity contribution in [3.8, 4) is 5.75 Å². The zero-order chi connectivity index (χ0) is 16.9. The molecular weight excluding hydrogens is 320 g/mol. The number of rotatable bonds is 6. The van der Waals surface area contributed by atoms with E-state index in [1.165, 1.54) is 11.4 Å². The lowest BCUT2D eigenvalue weighted by Gasteiger charge is -2.21. The molecule has 0 saturated carbocycles. The first-order valence-electron chi connectivity index (χ1n) is 7.52. The van der Waals surface area contributed by atoms with Crippen LogP contribution in [-0.2, 0) is 14.8 Å². The third-order valence-electron chi connectivity index (χ3n) is 3.89. The van der Waals surface area contributed by atoms with Gasteiger partial charge < -0.3 is 14.7 Å². The van der Waals surface area contributed by atoms with Gasteiger partial charge in [0.05, 0.1) is 18.4 Å². The number of carboxylic acid groups (broad SMARTS) is 1. The molecule has 1 heterocycles. The molecule has 1 fully saturated rings.